The van der Waals surface area contributed by atoms with Crippen LogP contribution in [0.1, 0.15) is 16.7 Å². The first-order valence-corrected chi connectivity index (χ1v) is 6.81. The largest absolute Gasteiger partial charge is 0.409 e. The second-order valence-electron chi connectivity index (χ2n) is 4.82. The highest BCUT2D eigenvalue weighted by molar-refractivity contribution is 6.31. The van der Waals surface area contributed by atoms with Crippen molar-refractivity contribution >= 4 is 17.4 Å². The van der Waals surface area contributed by atoms with Gasteiger partial charge in [-0.1, -0.05) is 35.0 Å². The van der Waals surface area contributed by atoms with Gasteiger partial charge in [-0.25, -0.2) is 0 Å². The maximum atomic E-state index is 8.72. The van der Waals surface area contributed by atoms with Crippen LogP contribution in [-0.4, -0.2) is 28.0 Å². The van der Waals surface area contributed by atoms with Gasteiger partial charge in [0.05, 0.1) is 5.02 Å². The van der Waals surface area contributed by atoms with Gasteiger partial charge >= 0.3 is 0 Å². The molecular formula is C15H17ClN4O. The van der Waals surface area contributed by atoms with E-state index in [1.54, 1.807) is 18.5 Å². The van der Waals surface area contributed by atoms with Gasteiger partial charge in [-0.2, -0.15) is 0 Å². The summed E-state index contributed by atoms with van der Waals surface area (Å²) in [5.41, 5.74) is 8.40. The number of rotatable bonds is 5. The lowest BCUT2D eigenvalue weighted by atomic mass is 10.1. The van der Waals surface area contributed by atoms with Crippen LogP contribution >= 0.6 is 11.6 Å². The van der Waals surface area contributed by atoms with Crippen molar-refractivity contribution in [2.45, 2.75) is 13.1 Å². The second-order valence-corrected chi connectivity index (χ2v) is 5.23. The number of pyridine rings is 1. The van der Waals surface area contributed by atoms with Crippen LogP contribution < -0.4 is 5.73 Å². The lowest BCUT2D eigenvalue weighted by Gasteiger charge is -2.17. The molecule has 0 aliphatic carbocycles. The van der Waals surface area contributed by atoms with E-state index in [0.29, 0.717) is 10.6 Å². The van der Waals surface area contributed by atoms with E-state index in [0.717, 1.165) is 24.2 Å². The molecule has 0 aliphatic rings. The van der Waals surface area contributed by atoms with Crippen molar-refractivity contribution < 1.29 is 5.21 Å². The molecule has 0 saturated carbocycles. The summed E-state index contributed by atoms with van der Waals surface area (Å²) in [4.78, 5) is 6.11. The summed E-state index contributed by atoms with van der Waals surface area (Å²) in [7, 11) is 2.01. The third-order valence-electron chi connectivity index (χ3n) is 3.08. The molecule has 2 rings (SSSR count). The van der Waals surface area contributed by atoms with E-state index >= 15 is 0 Å². The van der Waals surface area contributed by atoms with E-state index in [1.807, 2.05) is 31.3 Å². The van der Waals surface area contributed by atoms with Crippen molar-refractivity contribution in [3.63, 3.8) is 0 Å². The monoisotopic (exact) mass is 304 g/mol. The summed E-state index contributed by atoms with van der Waals surface area (Å²) in [5, 5.41) is 12.4. The standard InChI is InChI=1S/C15H17ClN4O/c1-20(10-13-5-6-18-8-14(13)16)9-11-3-2-4-12(7-11)15(17)19-21/h2-8,21H,9-10H2,1H3,(H2,17,19). The fourth-order valence-corrected chi connectivity index (χ4v) is 2.26. The zero-order valence-corrected chi connectivity index (χ0v) is 12.5. The molecule has 0 spiro atoms. The molecular weight excluding hydrogens is 288 g/mol. The second kappa shape index (κ2) is 7.06. The number of nitrogens with zero attached hydrogens (tertiary/aromatic N) is 3. The molecule has 3 N–H and O–H groups in total. The Kier molecular flexibility index (Phi) is 5.14. The van der Waals surface area contributed by atoms with Gasteiger partial charge in [0, 0.05) is 31.0 Å². The van der Waals surface area contributed by atoms with E-state index in [-0.39, 0.29) is 5.84 Å². The van der Waals surface area contributed by atoms with E-state index in [4.69, 9.17) is 22.5 Å². The number of benzene rings is 1. The van der Waals surface area contributed by atoms with Crippen molar-refractivity contribution in [2.24, 2.45) is 10.9 Å². The summed E-state index contributed by atoms with van der Waals surface area (Å²) >= 11 is 6.11. The number of hydrogen-bond acceptors (Lipinski definition) is 4. The summed E-state index contributed by atoms with van der Waals surface area (Å²) in [6.07, 6.45) is 3.37. The molecule has 110 valence electrons. The number of amidine groups is 1. The molecule has 0 aliphatic heterocycles. The molecule has 1 aromatic carbocycles. The van der Waals surface area contributed by atoms with Gasteiger partial charge in [0.2, 0.25) is 0 Å². The molecule has 0 fully saturated rings. The average molecular weight is 305 g/mol. The molecule has 0 saturated heterocycles. The molecule has 6 heteroatoms. The van der Waals surface area contributed by atoms with Crippen LogP contribution in [0.15, 0.2) is 47.9 Å². The number of halogens is 1. The van der Waals surface area contributed by atoms with Gasteiger partial charge < -0.3 is 10.9 Å². The van der Waals surface area contributed by atoms with E-state index in [1.165, 1.54) is 0 Å². The molecule has 0 atom stereocenters. The van der Waals surface area contributed by atoms with Gasteiger partial charge in [0.1, 0.15) is 0 Å². The first-order valence-electron chi connectivity index (χ1n) is 6.44. The Morgan fingerprint density at radius 2 is 2.19 bits per heavy atom. The Morgan fingerprint density at radius 1 is 1.38 bits per heavy atom. The van der Waals surface area contributed by atoms with Gasteiger partial charge in [-0.15, -0.1) is 0 Å². The Morgan fingerprint density at radius 3 is 2.90 bits per heavy atom. The Hall–Kier alpha value is -2.11. The highest BCUT2D eigenvalue weighted by Gasteiger charge is 2.06. The topological polar surface area (TPSA) is 74.7 Å². The Labute approximate surface area is 128 Å². The first kappa shape index (κ1) is 15.3. The predicted molar refractivity (Wildman–Crippen MR) is 83.4 cm³/mol. The van der Waals surface area contributed by atoms with Gasteiger partial charge in [-0.05, 0) is 30.3 Å². The molecule has 1 aromatic heterocycles. The van der Waals surface area contributed by atoms with Gasteiger partial charge in [-0.3, -0.25) is 9.88 Å². The minimum Gasteiger partial charge on any atom is -0.409 e. The van der Waals surface area contributed by atoms with E-state index in [9.17, 15) is 0 Å². The number of hydrogen-bond donors (Lipinski definition) is 2. The van der Waals surface area contributed by atoms with Crippen LogP contribution in [0.4, 0.5) is 0 Å². The fraction of sp³-hybridized carbons (Fsp3) is 0.200. The van der Waals surface area contributed by atoms with Crippen molar-refractivity contribution in [1.82, 2.24) is 9.88 Å². The van der Waals surface area contributed by atoms with E-state index in [2.05, 4.69) is 15.0 Å². The summed E-state index contributed by atoms with van der Waals surface area (Å²) in [6, 6.07) is 9.50. The molecule has 0 amide bonds. The summed E-state index contributed by atoms with van der Waals surface area (Å²) in [5.74, 6) is 0.108. The first-order chi connectivity index (χ1) is 10.1. The van der Waals surface area contributed by atoms with Gasteiger partial charge in [0.25, 0.3) is 0 Å². The smallest absolute Gasteiger partial charge is 0.170 e. The van der Waals surface area contributed by atoms with Crippen molar-refractivity contribution in [3.05, 3.63) is 64.4 Å². The van der Waals surface area contributed by atoms with Crippen molar-refractivity contribution in [3.8, 4) is 0 Å². The average Bonchev–Trinajstić information content (AvgIpc) is 2.49. The van der Waals surface area contributed by atoms with Crippen LogP contribution in [0.25, 0.3) is 0 Å². The highest BCUT2D eigenvalue weighted by Crippen LogP contribution is 2.16. The lowest BCUT2D eigenvalue weighted by Crippen LogP contribution is -2.18. The third kappa shape index (κ3) is 4.18. The van der Waals surface area contributed by atoms with Crippen LogP contribution in [0.3, 0.4) is 0 Å². The zero-order chi connectivity index (χ0) is 15.2. The quantitative estimate of drug-likeness (QED) is 0.385. The number of nitrogens with two attached hydrogens (primary N) is 1. The van der Waals surface area contributed by atoms with Gasteiger partial charge in [0.15, 0.2) is 5.84 Å². The number of aromatic nitrogens is 1. The minimum atomic E-state index is 0.108. The molecule has 0 bridgehead atoms. The van der Waals surface area contributed by atoms with Crippen LogP contribution in [0, 0.1) is 0 Å². The highest BCUT2D eigenvalue weighted by atomic mass is 35.5. The molecule has 0 radical (unpaired) electrons. The predicted octanol–water partition coefficient (Wildman–Crippen LogP) is 2.46. The van der Waals surface area contributed by atoms with Crippen LogP contribution in [-0.2, 0) is 13.1 Å². The molecule has 5 nitrogen and oxygen atoms in total. The SMILES string of the molecule is CN(Cc1cccc(C(N)=NO)c1)Cc1ccncc1Cl. The Bertz CT molecular complexity index is 645. The fourth-order valence-electron chi connectivity index (χ4n) is 2.08. The summed E-state index contributed by atoms with van der Waals surface area (Å²) < 4.78 is 0. The normalized spacial score (nSPS) is 11.9. The van der Waals surface area contributed by atoms with Crippen molar-refractivity contribution in [1.29, 1.82) is 0 Å². The van der Waals surface area contributed by atoms with Crippen molar-refractivity contribution in [2.75, 3.05) is 7.05 Å². The van der Waals surface area contributed by atoms with Crippen LogP contribution in [0.2, 0.25) is 5.02 Å². The lowest BCUT2D eigenvalue weighted by molar-refractivity contribution is 0.318. The Balaban J connectivity index is 2.06. The zero-order valence-electron chi connectivity index (χ0n) is 11.7. The minimum absolute atomic E-state index is 0.108. The molecule has 0 unspecified atom stereocenters. The molecule has 21 heavy (non-hydrogen) atoms. The van der Waals surface area contributed by atoms with E-state index < -0.39 is 0 Å². The number of oxime groups is 1. The molecule has 1 heterocycles. The maximum Gasteiger partial charge on any atom is 0.170 e. The maximum absolute atomic E-state index is 8.72. The molecule has 2 aromatic rings. The van der Waals surface area contributed by atoms with Crippen LogP contribution in [0.5, 0.6) is 0 Å². The third-order valence-corrected chi connectivity index (χ3v) is 3.42. The summed E-state index contributed by atoms with van der Waals surface area (Å²) in [6.45, 7) is 1.44.